The fourth-order valence-corrected chi connectivity index (χ4v) is 3.67. The first-order valence-corrected chi connectivity index (χ1v) is 9.56. The quantitative estimate of drug-likeness (QED) is 0.803. The standard InChI is InChI=1S/C22H29N3O/c1-18(26)24-22-10-6-5-9-20(22)17-25(21-11-14-23-15-12-21)16-13-19-7-3-2-4-8-19/h2-10,21,23H,11-17H2,1H3,(H,24,26). The number of piperidine rings is 1. The van der Waals surface area contributed by atoms with Gasteiger partial charge in [0.2, 0.25) is 5.91 Å². The van der Waals surface area contributed by atoms with Crippen molar-refractivity contribution in [2.24, 2.45) is 0 Å². The summed E-state index contributed by atoms with van der Waals surface area (Å²) in [5.74, 6) is -0.0184. The molecule has 0 spiro atoms. The number of anilines is 1. The largest absolute Gasteiger partial charge is 0.326 e. The fraction of sp³-hybridized carbons (Fsp3) is 0.409. The maximum Gasteiger partial charge on any atom is 0.221 e. The van der Waals surface area contributed by atoms with Crippen molar-refractivity contribution >= 4 is 11.6 Å². The lowest BCUT2D eigenvalue weighted by molar-refractivity contribution is -0.114. The molecule has 0 atom stereocenters. The van der Waals surface area contributed by atoms with Crippen LogP contribution in [0.4, 0.5) is 5.69 Å². The van der Waals surface area contributed by atoms with Crippen LogP contribution in [0.1, 0.15) is 30.9 Å². The lowest BCUT2D eigenvalue weighted by atomic mass is 10.0. The summed E-state index contributed by atoms with van der Waals surface area (Å²) >= 11 is 0. The molecular weight excluding hydrogens is 322 g/mol. The molecule has 4 heteroatoms. The molecule has 1 aliphatic rings. The van der Waals surface area contributed by atoms with Gasteiger partial charge in [0.1, 0.15) is 0 Å². The van der Waals surface area contributed by atoms with Crippen LogP contribution in [0.5, 0.6) is 0 Å². The van der Waals surface area contributed by atoms with Crippen LogP contribution in [0.3, 0.4) is 0 Å². The molecule has 2 aromatic carbocycles. The summed E-state index contributed by atoms with van der Waals surface area (Å²) in [6, 6.07) is 19.4. The topological polar surface area (TPSA) is 44.4 Å². The number of amides is 1. The molecule has 0 unspecified atom stereocenters. The summed E-state index contributed by atoms with van der Waals surface area (Å²) in [4.78, 5) is 14.1. The number of para-hydroxylation sites is 1. The zero-order valence-corrected chi connectivity index (χ0v) is 15.6. The van der Waals surface area contributed by atoms with Gasteiger partial charge in [-0.2, -0.15) is 0 Å². The number of carbonyl (C=O) groups excluding carboxylic acids is 1. The molecule has 0 aliphatic carbocycles. The molecule has 1 amide bonds. The molecule has 1 heterocycles. The van der Waals surface area contributed by atoms with E-state index in [0.717, 1.165) is 38.3 Å². The van der Waals surface area contributed by atoms with Crippen LogP contribution in [-0.4, -0.2) is 36.5 Å². The van der Waals surface area contributed by atoms with Crippen LogP contribution in [0.2, 0.25) is 0 Å². The molecule has 3 rings (SSSR count). The molecule has 26 heavy (non-hydrogen) atoms. The Bertz CT molecular complexity index is 696. The van der Waals surface area contributed by atoms with Crippen molar-refractivity contribution in [3.63, 3.8) is 0 Å². The Balaban J connectivity index is 1.73. The minimum Gasteiger partial charge on any atom is -0.326 e. The van der Waals surface area contributed by atoms with E-state index >= 15 is 0 Å². The highest BCUT2D eigenvalue weighted by Crippen LogP contribution is 2.21. The first-order valence-electron chi connectivity index (χ1n) is 9.56. The molecule has 138 valence electrons. The Hall–Kier alpha value is -2.17. The van der Waals surface area contributed by atoms with Crippen molar-refractivity contribution in [2.75, 3.05) is 25.0 Å². The number of hydrogen-bond acceptors (Lipinski definition) is 3. The van der Waals surface area contributed by atoms with Crippen molar-refractivity contribution in [3.05, 3.63) is 65.7 Å². The Kier molecular flexibility index (Phi) is 6.81. The van der Waals surface area contributed by atoms with Crippen LogP contribution in [0.25, 0.3) is 0 Å². The second-order valence-corrected chi connectivity index (χ2v) is 7.03. The number of hydrogen-bond donors (Lipinski definition) is 2. The van der Waals surface area contributed by atoms with Crippen molar-refractivity contribution in [1.82, 2.24) is 10.2 Å². The normalized spacial score (nSPS) is 15.2. The van der Waals surface area contributed by atoms with Crippen LogP contribution < -0.4 is 10.6 Å². The van der Waals surface area contributed by atoms with Gasteiger partial charge in [-0.3, -0.25) is 9.69 Å². The van der Waals surface area contributed by atoms with Crippen LogP contribution in [0, 0.1) is 0 Å². The second kappa shape index (κ2) is 9.51. The van der Waals surface area contributed by atoms with Gasteiger partial charge in [0, 0.05) is 31.7 Å². The first kappa shape index (κ1) is 18.6. The third kappa shape index (κ3) is 5.41. The SMILES string of the molecule is CC(=O)Nc1ccccc1CN(CCc1ccccc1)C1CCNCC1. The smallest absolute Gasteiger partial charge is 0.221 e. The van der Waals surface area contributed by atoms with Crippen molar-refractivity contribution in [1.29, 1.82) is 0 Å². The second-order valence-electron chi connectivity index (χ2n) is 7.03. The Labute approximate surface area is 156 Å². The van der Waals surface area contributed by atoms with Gasteiger partial charge in [-0.05, 0) is 49.5 Å². The van der Waals surface area contributed by atoms with Crippen molar-refractivity contribution < 1.29 is 4.79 Å². The summed E-state index contributed by atoms with van der Waals surface area (Å²) in [5, 5.41) is 6.44. The van der Waals surface area contributed by atoms with Gasteiger partial charge in [0.15, 0.2) is 0 Å². The number of carbonyl (C=O) groups is 1. The Morgan fingerprint density at radius 1 is 1.08 bits per heavy atom. The highest BCUT2D eigenvalue weighted by Gasteiger charge is 2.21. The van der Waals surface area contributed by atoms with Crippen LogP contribution in [-0.2, 0) is 17.8 Å². The van der Waals surface area contributed by atoms with E-state index in [-0.39, 0.29) is 5.91 Å². The average molecular weight is 351 g/mol. The predicted octanol–water partition coefficient (Wildman–Crippen LogP) is 3.44. The molecule has 0 saturated carbocycles. The summed E-state index contributed by atoms with van der Waals surface area (Å²) in [5.41, 5.74) is 3.49. The summed E-state index contributed by atoms with van der Waals surface area (Å²) in [6.07, 6.45) is 3.40. The van der Waals surface area contributed by atoms with Gasteiger partial charge in [-0.15, -0.1) is 0 Å². The summed E-state index contributed by atoms with van der Waals surface area (Å²) in [7, 11) is 0. The molecular formula is C22H29N3O. The molecule has 0 bridgehead atoms. The predicted molar refractivity (Wildman–Crippen MR) is 107 cm³/mol. The number of rotatable bonds is 7. The highest BCUT2D eigenvalue weighted by molar-refractivity contribution is 5.89. The monoisotopic (exact) mass is 351 g/mol. The van der Waals surface area contributed by atoms with Gasteiger partial charge < -0.3 is 10.6 Å². The number of benzene rings is 2. The minimum atomic E-state index is -0.0184. The lowest BCUT2D eigenvalue weighted by Gasteiger charge is -2.35. The van der Waals surface area contributed by atoms with Gasteiger partial charge >= 0.3 is 0 Å². The number of nitrogens with one attached hydrogen (secondary N) is 2. The Morgan fingerprint density at radius 3 is 2.50 bits per heavy atom. The summed E-state index contributed by atoms with van der Waals surface area (Å²) < 4.78 is 0. The van der Waals surface area contributed by atoms with E-state index in [4.69, 9.17) is 0 Å². The average Bonchev–Trinajstić information content (AvgIpc) is 2.67. The highest BCUT2D eigenvalue weighted by atomic mass is 16.1. The van der Waals surface area contributed by atoms with Crippen LogP contribution in [0.15, 0.2) is 54.6 Å². The van der Waals surface area contributed by atoms with Gasteiger partial charge in [0.25, 0.3) is 0 Å². The van der Waals surface area contributed by atoms with E-state index in [0.29, 0.717) is 6.04 Å². The molecule has 1 aliphatic heterocycles. The third-order valence-electron chi connectivity index (χ3n) is 5.06. The molecule has 2 aromatic rings. The molecule has 0 aromatic heterocycles. The summed E-state index contributed by atoms with van der Waals surface area (Å²) in [6.45, 7) is 5.63. The van der Waals surface area contributed by atoms with Crippen molar-refractivity contribution in [3.8, 4) is 0 Å². The first-order chi connectivity index (χ1) is 12.7. The van der Waals surface area contributed by atoms with E-state index in [1.807, 2.05) is 12.1 Å². The van der Waals surface area contributed by atoms with E-state index in [9.17, 15) is 4.79 Å². The fourth-order valence-electron chi connectivity index (χ4n) is 3.67. The molecule has 2 N–H and O–H groups in total. The third-order valence-corrected chi connectivity index (χ3v) is 5.06. The number of nitrogens with zero attached hydrogens (tertiary/aromatic N) is 1. The maximum absolute atomic E-state index is 11.5. The Morgan fingerprint density at radius 2 is 1.77 bits per heavy atom. The van der Waals surface area contributed by atoms with E-state index in [2.05, 4.69) is 58.0 Å². The maximum atomic E-state index is 11.5. The van der Waals surface area contributed by atoms with Crippen LogP contribution >= 0.6 is 0 Å². The van der Waals surface area contributed by atoms with Gasteiger partial charge in [-0.1, -0.05) is 48.5 Å². The van der Waals surface area contributed by atoms with Gasteiger partial charge in [0.05, 0.1) is 0 Å². The molecule has 1 saturated heterocycles. The van der Waals surface area contributed by atoms with E-state index in [1.54, 1.807) is 6.92 Å². The van der Waals surface area contributed by atoms with Gasteiger partial charge in [-0.25, -0.2) is 0 Å². The minimum absolute atomic E-state index is 0.0184. The molecule has 0 radical (unpaired) electrons. The van der Waals surface area contributed by atoms with E-state index < -0.39 is 0 Å². The zero-order valence-electron chi connectivity index (χ0n) is 15.6. The molecule has 1 fully saturated rings. The zero-order chi connectivity index (χ0) is 18.2. The van der Waals surface area contributed by atoms with E-state index in [1.165, 1.54) is 24.0 Å². The lowest BCUT2D eigenvalue weighted by Crippen LogP contribution is -2.43. The van der Waals surface area contributed by atoms with Crippen molar-refractivity contribution in [2.45, 2.75) is 38.8 Å². The molecule has 4 nitrogen and oxygen atoms in total.